The number of nitrogens with zero attached hydrogens (tertiary/aromatic N) is 3. The van der Waals surface area contributed by atoms with E-state index in [-0.39, 0.29) is 12.8 Å². The van der Waals surface area contributed by atoms with Gasteiger partial charge in [0, 0.05) is 19.5 Å². The van der Waals surface area contributed by atoms with Gasteiger partial charge in [-0.05, 0) is 37.9 Å². The summed E-state index contributed by atoms with van der Waals surface area (Å²) in [6.07, 6.45) is 3.20. The van der Waals surface area contributed by atoms with Gasteiger partial charge in [0.2, 0.25) is 12.7 Å². The van der Waals surface area contributed by atoms with E-state index < -0.39 is 0 Å². The first kappa shape index (κ1) is 15.3. The molecule has 1 atom stereocenters. The molecule has 2 aromatic rings. The van der Waals surface area contributed by atoms with E-state index in [9.17, 15) is 0 Å². The molecule has 1 aromatic heterocycles. The normalized spacial score (nSPS) is 19.8. The van der Waals surface area contributed by atoms with Gasteiger partial charge in [0.25, 0.3) is 0 Å². The SMILES string of the molecule is Cc1nc(C2CCCN2CCCOc2ccc3c(c2)OCO3)no1. The van der Waals surface area contributed by atoms with Crippen LogP contribution >= 0.6 is 0 Å². The number of ether oxygens (including phenoxy) is 3. The highest BCUT2D eigenvalue weighted by molar-refractivity contribution is 5.46. The van der Waals surface area contributed by atoms with E-state index in [1.165, 1.54) is 6.42 Å². The summed E-state index contributed by atoms with van der Waals surface area (Å²) in [4.78, 5) is 6.79. The first-order chi connectivity index (χ1) is 11.8. The fourth-order valence-corrected chi connectivity index (χ4v) is 3.26. The molecule has 2 aliphatic rings. The molecule has 1 unspecified atom stereocenters. The van der Waals surface area contributed by atoms with Crippen LogP contribution in [0.5, 0.6) is 17.2 Å². The number of fused-ring (bicyclic) bond motifs is 1. The summed E-state index contributed by atoms with van der Waals surface area (Å²) in [7, 11) is 0. The molecule has 0 radical (unpaired) electrons. The van der Waals surface area contributed by atoms with E-state index in [4.69, 9.17) is 18.7 Å². The fraction of sp³-hybridized carbons (Fsp3) is 0.529. The summed E-state index contributed by atoms with van der Waals surface area (Å²) in [5.41, 5.74) is 0. The lowest BCUT2D eigenvalue weighted by Crippen LogP contribution is -2.26. The fourth-order valence-electron chi connectivity index (χ4n) is 3.26. The van der Waals surface area contributed by atoms with Gasteiger partial charge in [0.05, 0.1) is 12.6 Å². The van der Waals surface area contributed by atoms with Crippen LogP contribution in [-0.4, -0.2) is 41.5 Å². The second kappa shape index (κ2) is 6.68. The highest BCUT2D eigenvalue weighted by Crippen LogP contribution is 2.35. The topological polar surface area (TPSA) is 69.9 Å². The van der Waals surface area contributed by atoms with Crippen molar-refractivity contribution in [2.45, 2.75) is 32.2 Å². The van der Waals surface area contributed by atoms with Crippen molar-refractivity contribution in [3.8, 4) is 17.2 Å². The third-order valence-electron chi connectivity index (χ3n) is 4.41. The van der Waals surface area contributed by atoms with E-state index in [1.54, 1.807) is 0 Å². The largest absolute Gasteiger partial charge is 0.493 e. The van der Waals surface area contributed by atoms with Gasteiger partial charge in [-0.3, -0.25) is 4.90 Å². The van der Waals surface area contributed by atoms with Crippen LogP contribution in [0.25, 0.3) is 0 Å². The Hall–Kier alpha value is -2.28. The van der Waals surface area contributed by atoms with Crippen LogP contribution in [0.1, 0.15) is 37.0 Å². The monoisotopic (exact) mass is 331 g/mol. The zero-order chi connectivity index (χ0) is 16.4. The maximum absolute atomic E-state index is 5.82. The Morgan fingerprint density at radius 3 is 3.08 bits per heavy atom. The Bertz CT molecular complexity index is 703. The minimum absolute atomic E-state index is 0.271. The van der Waals surface area contributed by atoms with Gasteiger partial charge in [-0.15, -0.1) is 0 Å². The molecule has 7 nitrogen and oxygen atoms in total. The minimum Gasteiger partial charge on any atom is -0.493 e. The zero-order valence-corrected chi connectivity index (χ0v) is 13.7. The van der Waals surface area contributed by atoms with Gasteiger partial charge in [-0.1, -0.05) is 5.16 Å². The third kappa shape index (κ3) is 3.17. The highest BCUT2D eigenvalue weighted by Gasteiger charge is 2.29. The van der Waals surface area contributed by atoms with Gasteiger partial charge in [-0.2, -0.15) is 4.98 Å². The Balaban J connectivity index is 1.26. The summed E-state index contributed by atoms with van der Waals surface area (Å²) in [6, 6.07) is 5.94. The maximum atomic E-state index is 5.82. The lowest BCUT2D eigenvalue weighted by atomic mass is 10.2. The standard InChI is InChI=1S/C17H21N3O4/c1-12-18-17(19-24-12)14-4-2-7-20(14)8-3-9-21-13-5-6-15-16(10-13)23-11-22-15/h5-6,10,14H,2-4,7-9,11H2,1H3. The molecule has 4 rings (SSSR count). The van der Waals surface area contributed by atoms with E-state index in [1.807, 2.05) is 25.1 Å². The third-order valence-corrected chi connectivity index (χ3v) is 4.41. The molecule has 1 fully saturated rings. The Labute approximate surface area is 140 Å². The molecule has 0 aliphatic carbocycles. The highest BCUT2D eigenvalue weighted by atomic mass is 16.7. The molecular weight excluding hydrogens is 310 g/mol. The number of likely N-dealkylation sites (tertiary alicyclic amines) is 1. The summed E-state index contributed by atoms with van der Waals surface area (Å²) >= 11 is 0. The molecule has 3 heterocycles. The molecule has 0 spiro atoms. The molecule has 2 aliphatic heterocycles. The number of benzene rings is 1. The lowest BCUT2D eigenvalue weighted by molar-refractivity contribution is 0.173. The smallest absolute Gasteiger partial charge is 0.231 e. The Kier molecular flexibility index (Phi) is 4.25. The number of hydrogen-bond donors (Lipinski definition) is 0. The molecule has 0 bridgehead atoms. The molecule has 0 N–H and O–H groups in total. The predicted molar refractivity (Wildman–Crippen MR) is 85.3 cm³/mol. The first-order valence-corrected chi connectivity index (χ1v) is 8.36. The van der Waals surface area contributed by atoms with Crippen molar-refractivity contribution in [3.63, 3.8) is 0 Å². The van der Waals surface area contributed by atoms with Gasteiger partial charge in [0.1, 0.15) is 5.75 Å². The number of aryl methyl sites for hydroxylation is 1. The average Bonchev–Trinajstić information content (AvgIpc) is 3.31. The van der Waals surface area contributed by atoms with Crippen LogP contribution in [0.2, 0.25) is 0 Å². The summed E-state index contributed by atoms with van der Waals surface area (Å²) in [5.74, 6) is 3.77. The van der Waals surface area contributed by atoms with Gasteiger partial charge >= 0.3 is 0 Å². The molecule has 7 heteroatoms. The summed E-state index contributed by atoms with van der Waals surface area (Å²) in [5, 5.41) is 4.07. The molecule has 128 valence electrons. The van der Waals surface area contributed by atoms with Crippen LogP contribution in [0.15, 0.2) is 22.7 Å². The average molecular weight is 331 g/mol. The number of aromatic nitrogens is 2. The van der Waals surface area contributed by atoms with Crippen molar-refractivity contribution in [1.82, 2.24) is 15.0 Å². The van der Waals surface area contributed by atoms with Crippen molar-refractivity contribution >= 4 is 0 Å². The van der Waals surface area contributed by atoms with Crippen molar-refractivity contribution in [3.05, 3.63) is 29.9 Å². The van der Waals surface area contributed by atoms with Crippen LogP contribution in [-0.2, 0) is 0 Å². The maximum Gasteiger partial charge on any atom is 0.231 e. The molecular formula is C17H21N3O4. The van der Waals surface area contributed by atoms with Crippen molar-refractivity contribution in [1.29, 1.82) is 0 Å². The van der Waals surface area contributed by atoms with Crippen molar-refractivity contribution < 1.29 is 18.7 Å². The Morgan fingerprint density at radius 2 is 2.21 bits per heavy atom. The molecule has 1 aromatic carbocycles. The summed E-state index contributed by atoms with van der Waals surface area (Å²) < 4.78 is 21.6. The molecule has 24 heavy (non-hydrogen) atoms. The van der Waals surface area contributed by atoms with Crippen LogP contribution in [0, 0.1) is 6.92 Å². The van der Waals surface area contributed by atoms with Crippen LogP contribution in [0.3, 0.4) is 0 Å². The van der Waals surface area contributed by atoms with Crippen molar-refractivity contribution in [2.24, 2.45) is 0 Å². The van der Waals surface area contributed by atoms with E-state index in [0.717, 1.165) is 49.0 Å². The van der Waals surface area contributed by atoms with Crippen molar-refractivity contribution in [2.75, 3.05) is 26.5 Å². The van der Waals surface area contributed by atoms with Crippen LogP contribution in [0.4, 0.5) is 0 Å². The molecule has 0 saturated carbocycles. The van der Waals surface area contributed by atoms with E-state index in [2.05, 4.69) is 15.0 Å². The second-order valence-electron chi connectivity index (χ2n) is 6.08. The quantitative estimate of drug-likeness (QED) is 0.754. The zero-order valence-electron chi connectivity index (χ0n) is 13.7. The molecule has 1 saturated heterocycles. The minimum atomic E-state index is 0.271. The summed E-state index contributed by atoms with van der Waals surface area (Å²) in [6.45, 7) is 4.80. The predicted octanol–water partition coefficient (Wildman–Crippen LogP) is 2.71. The first-order valence-electron chi connectivity index (χ1n) is 8.36. The van der Waals surface area contributed by atoms with Gasteiger partial charge < -0.3 is 18.7 Å². The van der Waals surface area contributed by atoms with Gasteiger partial charge in [0.15, 0.2) is 17.3 Å². The van der Waals surface area contributed by atoms with Gasteiger partial charge in [-0.25, -0.2) is 0 Å². The van der Waals surface area contributed by atoms with E-state index >= 15 is 0 Å². The van der Waals surface area contributed by atoms with E-state index in [0.29, 0.717) is 12.5 Å². The lowest BCUT2D eigenvalue weighted by Gasteiger charge is -2.21. The number of hydrogen-bond acceptors (Lipinski definition) is 7. The number of rotatable bonds is 6. The van der Waals surface area contributed by atoms with Crippen LogP contribution < -0.4 is 14.2 Å². The Morgan fingerprint density at radius 1 is 1.29 bits per heavy atom. The second-order valence-corrected chi connectivity index (χ2v) is 6.08. The molecule has 0 amide bonds.